The number of Topliss-reactive ketones (excluding diaryl/α,β-unsaturated/α-hetero) is 1. The van der Waals surface area contributed by atoms with Crippen LogP contribution in [-0.2, 0) is 17.8 Å². The van der Waals surface area contributed by atoms with Gasteiger partial charge in [0.1, 0.15) is 0 Å². The Kier molecular flexibility index (Phi) is 6.18. The molecule has 4 heterocycles. The van der Waals surface area contributed by atoms with Gasteiger partial charge in [0.15, 0.2) is 12.3 Å². The lowest BCUT2D eigenvalue weighted by Gasteiger charge is -2.14. The van der Waals surface area contributed by atoms with Gasteiger partial charge in [0, 0.05) is 42.9 Å². The summed E-state index contributed by atoms with van der Waals surface area (Å²) in [7, 11) is 0. The van der Waals surface area contributed by atoms with Crippen molar-refractivity contribution in [2.24, 2.45) is 0 Å². The molecule has 2 aliphatic rings. The van der Waals surface area contributed by atoms with Gasteiger partial charge < -0.3 is 18.6 Å². The summed E-state index contributed by atoms with van der Waals surface area (Å²) < 4.78 is 13.7. The zero-order chi connectivity index (χ0) is 19.5. The van der Waals surface area contributed by atoms with Crippen molar-refractivity contribution in [3.63, 3.8) is 0 Å². The number of aromatic nitrogens is 3. The number of ketones is 1. The second-order valence-corrected chi connectivity index (χ2v) is 8.76. The highest BCUT2D eigenvalue weighted by Gasteiger charge is 2.22. The summed E-state index contributed by atoms with van der Waals surface area (Å²) in [4.78, 5) is 14.3. The molecule has 4 rings (SSSR count). The third-order valence-corrected chi connectivity index (χ3v) is 6.59. The largest absolute Gasteiger partial charge is 0.410 e. The monoisotopic (exact) mass is 405 g/mol. The topological polar surface area (TPSA) is 74.6 Å². The molecule has 2 aromatic heterocycles. The van der Waals surface area contributed by atoms with Crippen molar-refractivity contribution >= 4 is 17.5 Å². The van der Waals surface area contributed by atoms with E-state index in [0.717, 1.165) is 49.5 Å². The number of ether oxygens (including phenoxy) is 1. The summed E-state index contributed by atoms with van der Waals surface area (Å²) >= 11 is 1.33. The SMILES string of the molecule is Cc1cc(C(=O)CSc2nnc(C[NH+]3CCCC3)o2)c(C)n1C[C@H]1CCCO1. The minimum atomic E-state index is 0.0987. The molecule has 0 spiro atoms. The molecule has 2 aromatic rings. The maximum Gasteiger partial charge on any atom is 0.277 e. The van der Waals surface area contributed by atoms with E-state index in [-0.39, 0.29) is 11.9 Å². The predicted molar refractivity (Wildman–Crippen MR) is 106 cm³/mol. The number of carbonyl (C=O) groups is 1. The normalized spacial score (nSPS) is 20.3. The number of likely N-dealkylation sites (tertiary alicyclic amines) is 1. The van der Waals surface area contributed by atoms with Gasteiger partial charge in [-0.3, -0.25) is 4.79 Å². The highest BCUT2D eigenvalue weighted by Crippen LogP contribution is 2.23. The van der Waals surface area contributed by atoms with Gasteiger partial charge in [-0.15, -0.1) is 10.2 Å². The number of carbonyl (C=O) groups excluding carboxylic acids is 1. The Hall–Kier alpha value is -1.64. The van der Waals surface area contributed by atoms with Gasteiger partial charge in [-0.25, -0.2) is 0 Å². The minimum Gasteiger partial charge on any atom is -0.410 e. The first-order valence-corrected chi connectivity index (χ1v) is 11.2. The van der Waals surface area contributed by atoms with Crippen LogP contribution in [0.3, 0.4) is 0 Å². The third kappa shape index (κ3) is 4.50. The predicted octanol–water partition coefficient (Wildman–Crippen LogP) is 1.82. The molecule has 0 radical (unpaired) electrons. The average molecular weight is 406 g/mol. The van der Waals surface area contributed by atoms with Crippen LogP contribution in [0.2, 0.25) is 0 Å². The van der Waals surface area contributed by atoms with Crippen molar-refractivity contribution in [1.29, 1.82) is 0 Å². The van der Waals surface area contributed by atoms with E-state index >= 15 is 0 Å². The van der Waals surface area contributed by atoms with E-state index < -0.39 is 0 Å². The van der Waals surface area contributed by atoms with Crippen LogP contribution in [0.15, 0.2) is 15.7 Å². The second kappa shape index (κ2) is 8.80. The Morgan fingerprint density at radius 3 is 2.86 bits per heavy atom. The quantitative estimate of drug-likeness (QED) is 0.533. The van der Waals surface area contributed by atoms with Crippen LogP contribution >= 0.6 is 11.8 Å². The first kappa shape index (κ1) is 19.7. The maximum absolute atomic E-state index is 12.8. The Morgan fingerprint density at radius 2 is 2.11 bits per heavy atom. The zero-order valence-electron chi connectivity index (χ0n) is 16.7. The number of nitrogens with zero attached hydrogens (tertiary/aromatic N) is 3. The minimum absolute atomic E-state index is 0.0987. The molecule has 1 N–H and O–H groups in total. The maximum atomic E-state index is 12.8. The standard InChI is InChI=1S/C20H28N4O3S/c1-14-10-17(15(2)24(14)11-16-6-5-9-26-16)18(25)13-28-20-22-21-19(27-20)12-23-7-3-4-8-23/h10,16H,3-9,11-13H2,1-2H3/p+1/t16-/m1/s1. The fourth-order valence-corrected chi connectivity index (χ4v) is 4.86. The van der Waals surface area contributed by atoms with E-state index in [1.165, 1.54) is 42.6 Å². The van der Waals surface area contributed by atoms with Gasteiger partial charge in [-0.2, -0.15) is 0 Å². The molecule has 28 heavy (non-hydrogen) atoms. The van der Waals surface area contributed by atoms with Crippen molar-refractivity contribution < 1.29 is 18.8 Å². The summed E-state index contributed by atoms with van der Waals surface area (Å²) in [6, 6.07) is 1.99. The molecule has 0 aromatic carbocycles. The van der Waals surface area contributed by atoms with Crippen LogP contribution < -0.4 is 4.90 Å². The molecule has 0 saturated carbocycles. The highest BCUT2D eigenvalue weighted by atomic mass is 32.2. The van der Waals surface area contributed by atoms with Gasteiger partial charge >= 0.3 is 0 Å². The van der Waals surface area contributed by atoms with Gasteiger partial charge in [-0.05, 0) is 32.8 Å². The molecule has 2 fully saturated rings. The Bertz CT molecular complexity index is 820. The average Bonchev–Trinajstić information content (AvgIpc) is 3.47. The van der Waals surface area contributed by atoms with E-state index in [9.17, 15) is 4.79 Å². The number of thioether (sulfide) groups is 1. The summed E-state index contributed by atoms with van der Waals surface area (Å²) in [5, 5.41) is 8.71. The molecule has 2 saturated heterocycles. The number of aryl methyl sites for hydroxylation is 1. The van der Waals surface area contributed by atoms with Gasteiger partial charge in [0.2, 0.25) is 0 Å². The molecule has 7 nitrogen and oxygen atoms in total. The van der Waals surface area contributed by atoms with Crippen molar-refractivity contribution in [2.45, 2.75) is 63.9 Å². The molecular weight excluding hydrogens is 376 g/mol. The van der Waals surface area contributed by atoms with Crippen LogP contribution in [0, 0.1) is 13.8 Å². The van der Waals surface area contributed by atoms with Crippen LogP contribution in [0.25, 0.3) is 0 Å². The molecule has 0 amide bonds. The number of quaternary nitrogens is 1. The van der Waals surface area contributed by atoms with Crippen molar-refractivity contribution in [1.82, 2.24) is 14.8 Å². The Morgan fingerprint density at radius 1 is 1.29 bits per heavy atom. The van der Waals surface area contributed by atoms with Crippen molar-refractivity contribution in [3.05, 3.63) is 28.9 Å². The zero-order valence-corrected chi connectivity index (χ0v) is 17.5. The van der Waals surface area contributed by atoms with Gasteiger partial charge in [-0.1, -0.05) is 11.8 Å². The molecule has 0 unspecified atom stereocenters. The summed E-state index contributed by atoms with van der Waals surface area (Å²) in [6.45, 7) is 8.86. The van der Waals surface area contributed by atoms with Gasteiger partial charge in [0.05, 0.1) is 24.9 Å². The first-order valence-electron chi connectivity index (χ1n) is 10.2. The van der Waals surface area contributed by atoms with Crippen molar-refractivity contribution in [2.75, 3.05) is 25.4 Å². The third-order valence-electron chi connectivity index (χ3n) is 5.77. The molecule has 2 aliphatic heterocycles. The molecule has 0 aliphatic carbocycles. The summed E-state index contributed by atoms with van der Waals surface area (Å²) in [5.74, 6) is 1.07. The van der Waals surface area contributed by atoms with E-state index in [2.05, 4.69) is 21.7 Å². The van der Waals surface area contributed by atoms with E-state index in [0.29, 0.717) is 16.9 Å². The lowest BCUT2D eigenvalue weighted by molar-refractivity contribution is -0.902. The van der Waals surface area contributed by atoms with Crippen LogP contribution in [-0.4, -0.2) is 52.1 Å². The van der Waals surface area contributed by atoms with E-state index in [1.807, 2.05) is 13.0 Å². The Labute approximate surface area is 169 Å². The van der Waals surface area contributed by atoms with Gasteiger partial charge in [0.25, 0.3) is 11.1 Å². The summed E-state index contributed by atoms with van der Waals surface area (Å²) in [6.07, 6.45) is 5.01. The molecule has 0 bridgehead atoms. The molecular formula is C20H29N4O3S+. The molecule has 8 heteroatoms. The summed E-state index contributed by atoms with van der Waals surface area (Å²) in [5.41, 5.74) is 2.90. The van der Waals surface area contributed by atoms with Crippen LogP contribution in [0.4, 0.5) is 0 Å². The smallest absolute Gasteiger partial charge is 0.277 e. The lowest BCUT2D eigenvalue weighted by atomic mass is 10.2. The second-order valence-electron chi connectivity index (χ2n) is 7.84. The van der Waals surface area contributed by atoms with Crippen molar-refractivity contribution in [3.8, 4) is 0 Å². The first-order chi connectivity index (χ1) is 13.6. The highest BCUT2D eigenvalue weighted by molar-refractivity contribution is 7.99. The molecule has 1 atom stereocenters. The van der Waals surface area contributed by atoms with E-state index in [1.54, 1.807) is 0 Å². The van der Waals surface area contributed by atoms with Crippen LogP contribution in [0.1, 0.15) is 53.3 Å². The van der Waals surface area contributed by atoms with E-state index in [4.69, 9.17) is 9.15 Å². The number of hydrogen-bond donors (Lipinski definition) is 1. The van der Waals surface area contributed by atoms with Crippen LogP contribution in [0.5, 0.6) is 0 Å². The molecule has 152 valence electrons. The lowest BCUT2D eigenvalue weighted by Crippen LogP contribution is -3.08. The fraction of sp³-hybridized carbons (Fsp3) is 0.650. The number of rotatable bonds is 8. The number of hydrogen-bond acceptors (Lipinski definition) is 6. The number of nitrogens with one attached hydrogen (secondary N) is 1. The fourth-order valence-electron chi connectivity index (χ4n) is 4.19. The Balaban J connectivity index is 1.34.